The first-order chi connectivity index (χ1) is 12.9. The van der Waals surface area contributed by atoms with Crippen molar-refractivity contribution in [2.45, 2.75) is 24.2 Å². The highest BCUT2D eigenvalue weighted by Gasteiger charge is 2.29. The van der Waals surface area contributed by atoms with Gasteiger partial charge in [-0.25, -0.2) is 12.8 Å². The average Bonchev–Trinajstić information content (AvgIpc) is 2.69. The fourth-order valence-electron chi connectivity index (χ4n) is 3.04. The number of hydrogen-bond donors (Lipinski definition) is 0. The van der Waals surface area contributed by atoms with Crippen LogP contribution in [0.15, 0.2) is 53.4 Å². The molecule has 0 spiro atoms. The van der Waals surface area contributed by atoms with Crippen molar-refractivity contribution in [2.75, 3.05) is 23.9 Å². The monoisotopic (exact) mass is 410 g/mol. The molecule has 0 unspecified atom stereocenters. The molecule has 0 radical (unpaired) electrons. The molecule has 1 aliphatic heterocycles. The molecule has 144 valence electrons. The first-order valence-corrected chi connectivity index (χ1v) is 10.5. The largest absolute Gasteiger partial charge is 0.341 e. The van der Waals surface area contributed by atoms with Crippen LogP contribution in [0.5, 0.6) is 0 Å². The Morgan fingerprint density at radius 3 is 2.37 bits per heavy atom. The van der Waals surface area contributed by atoms with Gasteiger partial charge in [0.25, 0.3) is 10.0 Å². The second kappa shape index (κ2) is 8.27. The Balaban J connectivity index is 1.98. The zero-order valence-electron chi connectivity index (χ0n) is 14.6. The molecule has 1 aliphatic rings. The number of anilines is 1. The summed E-state index contributed by atoms with van der Waals surface area (Å²) in [6, 6.07) is 11.5. The minimum atomic E-state index is -4.01. The van der Waals surface area contributed by atoms with Gasteiger partial charge in [-0.2, -0.15) is 0 Å². The Hall–Kier alpha value is -2.12. The minimum absolute atomic E-state index is 0.0527. The van der Waals surface area contributed by atoms with Crippen LogP contribution in [0.25, 0.3) is 0 Å². The summed E-state index contributed by atoms with van der Waals surface area (Å²) in [6.07, 6.45) is 2.86. The van der Waals surface area contributed by atoms with Crippen molar-refractivity contribution in [3.05, 3.63) is 59.4 Å². The van der Waals surface area contributed by atoms with Crippen LogP contribution < -0.4 is 4.31 Å². The van der Waals surface area contributed by atoms with Gasteiger partial charge in [0.1, 0.15) is 12.4 Å². The number of hydrogen-bond acceptors (Lipinski definition) is 3. The molecule has 0 aromatic heterocycles. The summed E-state index contributed by atoms with van der Waals surface area (Å²) in [5, 5.41) is -0.203. The second-order valence-corrected chi connectivity index (χ2v) is 8.63. The first-order valence-electron chi connectivity index (χ1n) is 8.70. The zero-order chi connectivity index (χ0) is 19.4. The molecule has 1 amide bonds. The second-order valence-electron chi connectivity index (χ2n) is 6.36. The maximum atomic E-state index is 13.6. The fraction of sp³-hybridized carbons (Fsp3) is 0.316. The predicted octanol–water partition coefficient (Wildman–Crippen LogP) is 3.69. The number of benzene rings is 2. The van der Waals surface area contributed by atoms with Crippen LogP contribution in [0.3, 0.4) is 0 Å². The topological polar surface area (TPSA) is 57.7 Å². The summed E-state index contributed by atoms with van der Waals surface area (Å²) in [7, 11) is -4.01. The number of likely N-dealkylation sites (tertiary alicyclic amines) is 1. The van der Waals surface area contributed by atoms with Gasteiger partial charge in [-0.3, -0.25) is 9.10 Å². The van der Waals surface area contributed by atoms with Crippen molar-refractivity contribution in [1.29, 1.82) is 0 Å². The van der Waals surface area contributed by atoms with Gasteiger partial charge in [0.2, 0.25) is 5.91 Å². The van der Waals surface area contributed by atoms with Crippen molar-refractivity contribution in [1.82, 2.24) is 4.90 Å². The Morgan fingerprint density at radius 2 is 1.74 bits per heavy atom. The molecule has 0 bridgehead atoms. The summed E-state index contributed by atoms with van der Waals surface area (Å²) in [6.45, 7) is 0.865. The molecule has 27 heavy (non-hydrogen) atoms. The van der Waals surface area contributed by atoms with Gasteiger partial charge in [-0.1, -0.05) is 29.8 Å². The van der Waals surface area contributed by atoms with E-state index in [0.717, 1.165) is 29.6 Å². The van der Waals surface area contributed by atoms with Gasteiger partial charge in [0, 0.05) is 13.1 Å². The van der Waals surface area contributed by atoms with Crippen molar-refractivity contribution in [3.63, 3.8) is 0 Å². The maximum Gasteiger partial charge on any atom is 0.264 e. The highest BCUT2D eigenvalue weighted by atomic mass is 35.5. The lowest BCUT2D eigenvalue weighted by Gasteiger charge is -2.30. The molecule has 0 saturated carbocycles. The molecule has 0 aliphatic carbocycles. The van der Waals surface area contributed by atoms with Crippen LogP contribution in [-0.2, 0) is 14.8 Å². The summed E-state index contributed by atoms with van der Waals surface area (Å²) in [4.78, 5) is 14.4. The molecule has 8 heteroatoms. The first kappa shape index (κ1) is 19.6. The van der Waals surface area contributed by atoms with Crippen LogP contribution >= 0.6 is 11.6 Å². The van der Waals surface area contributed by atoms with Crippen LogP contribution in [0.2, 0.25) is 5.02 Å². The van der Waals surface area contributed by atoms with E-state index in [0.29, 0.717) is 13.1 Å². The number of sulfonamides is 1. The number of nitrogens with zero attached hydrogens (tertiary/aromatic N) is 2. The van der Waals surface area contributed by atoms with Crippen LogP contribution in [0.1, 0.15) is 19.3 Å². The van der Waals surface area contributed by atoms with E-state index in [1.54, 1.807) is 23.1 Å². The smallest absolute Gasteiger partial charge is 0.264 e. The van der Waals surface area contributed by atoms with E-state index >= 15 is 0 Å². The van der Waals surface area contributed by atoms with E-state index in [9.17, 15) is 17.6 Å². The van der Waals surface area contributed by atoms with Crippen LogP contribution in [-0.4, -0.2) is 38.9 Å². The SMILES string of the molecule is O=C(CN(c1ccc(F)c(Cl)c1)S(=O)(=O)c1ccccc1)N1CCCCC1. The number of carbonyl (C=O) groups excluding carboxylic acids is 1. The summed E-state index contributed by atoms with van der Waals surface area (Å²) in [5.74, 6) is -0.936. The number of rotatable bonds is 5. The summed E-state index contributed by atoms with van der Waals surface area (Å²) < 4.78 is 40.9. The third kappa shape index (κ3) is 4.42. The van der Waals surface area contributed by atoms with E-state index in [4.69, 9.17) is 11.6 Å². The molecular formula is C19H20ClFN2O3S. The molecule has 1 fully saturated rings. The van der Waals surface area contributed by atoms with Crippen LogP contribution in [0, 0.1) is 5.82 Å². The fourth-order valence-corrected chi connectivity index (χ4v) is 4.64. The van der Waals surface area contributed by atoms with Crippen molar-refractivity contribution < 1.29 is 17.6 Å². The lowest BCUT2D eigenvalue weighted by Crippen LogP contribution is -2.44. The Kier molecular flexibility index (Phi) is 6.01. The minimum Gasteiger partial charge on any atom is -0.341 e. The molecule has 1 saturated heterocycles. The number of carbonyl (C=O) groups is 1. The lowest BCUT2D eigenvalue weighted by atomic mass is 10.1. The zero-order valence-corrected chi connectivity index (χ0v) is 16.2. The molecule has 2 aromatic carbocycles. The number of amides is 1. The molecule has 0 N–H and O–H groups in total. The van der Waals surface area contributed by atoms with Gasteiger partial charge < -0.3 is 4.90 Å². The molecule has 2 aromatic rings. The summed E-state index contributed by atoms with van der Waals surface area (Å²) >= 11 is 5.85. The van der Waals surface area contributed by atoms with Gasteiger partial charge >= 0.3 is 0 Å². The van der Waals surface area contributed by atoms with E-state index in [1.807, 2.05) is 0 Å². The maximum absolute atomic E-state index is 13.6. The quantitative estimate of drug-likeness (QED) is 0.755. The predicted molar refractivity (Wildman–Crippen MR) is 103 cm³/mol. The highest BCUT2D eigenvalue weighted by molar-refractivity contribution is 7.92. The van der Waals surface area contributed by atoms with E-state index in [1.165, 1.54) is 24.3 Å². The van der Waals surface area contributed by atoms with Crippen molar-refractivity contribution in [3.8, 4) is 0 Å². The lowest BCUT2D eigenvalue weighted by molar-refractivity contribution is -0.130. The molecule has 1 heterocycles. The Bertz CT molecular complexity index is 916. The number of piperidine rings is 1. The molecular weight excluding hydrogens is 391 g/mol. The normalized spacial score (nSPS) is 14.8. The van der Waals surface area contributed by atoms with Gasteiger partial charge in [-0.15, -0.1) is 0 Å². The molecule has 0 atom stereocenters. The van der Waals surface area contributed by atoms with Crippen molar-refractivity contribution in [2.24, 2.45) is 0 Å². The van der Waals surface area contributed by atoms with Crippen LogP contribution in [0.4, 0.5) is 10.1 Å². The standard InChI is InChI=1S/C19H20ClFN2O3S/c20-17-13-15(9-10-18(17)21)23(14-19(24)22-11-5-2-6-12-22)27(25,26)16-7-3-1-4-8-16/h1,3-4,7-10,13H,2,5-6,11-12,14H2. The Morgan fingerprint density at radius 1 is 1.07 bits per heavy atom. The van der Waals surface area contributed by atoms with Crippen molar-refractivity contribution >= 4 is 33.2 Å². The Labute approximate surface area is 163 Å². The van der Waals surface area contributed by atoms with Gasteiger partial charge in [0.05, 0.1) is 15.6 Å². The van der Waals surface area contributed by atoms with Gasteiger partial charge in [-0.05, 0) is 49.6 Å². The molecule has 3 rings (SSSR count). The van der Waals surface area contributed by atoms with E-state index in [2.05, 4.69) is 0 Å². The highest BCUT2D eigenvalue weighted by Crippen LogP contribution is 2.28. The summed E-state index contributed by atoms with van der Waals surface area (Å²) in [5.41, 5.74) is 0.149. The van der Waals surface area contributed by atoms with E-state index < -0.39 is 15.8 Å². The third-order valence-corrected chi connectivity index (χ3v) is 6.59. The third-order valence-electron chi connectivity index (χ3n) is 4.51. The van der Waals surface area contributed by atoms with Gasteiger partial charge in [0.15, 0.2) is 0 Å². The number of halogens is 2. The van der Waals surface area contributed by atoms with E-state index in [-0.39, 0.29) is 28.1 Å². The average molecular weight is 411 g/mol. The molecule has 5 nitrogen and oxygen atoms in total.